The van der Waals surface area contributed by atoms with Crippen LogP contribution < -0.4 is 11.1 Å². The van der Waals surface area contributed by atoms with E-state index in [2.05, 4.69) is 5.32 Å². The fraction of sp³-hybridized carbons (Fsp3) is 0.875. The minimum absolute atomic E-state index is 0.106. The maximum atomic E-state index is 11.2. The molecule has 0 aliphatic carbocycles. The topological polar surface area (TPSA) is 75.3 Å². The normalized spacial score (nSPS) is 18.1. The number of nitrogens with two attached hydrogens (primary N) is 1. The maximum Gasteiger partial charge on any atom is 0.224 e. The molecule has 0 aromatic heterocycles. The molecule has 1 amide bonds. The molecule has 0 heterocycles. The Bertz CT molecular complexity index is 146. The highest BCUT2D eigenvalue weighted by Crippen LogP contribution is 1.98. The summed E-state index contributed by atoms with van der Waals surface area (Å²) in [6.07, 6.45) is -0.505. The number of rotatable bonds is 4. The first-order valence-electron chi connectivity index (χ1n) is 4.16. The van der Waals surface area contributed by atoms with E-state index in [1.54, 1.807) is 20.8 Å². The van der Waals surface area contributed by atoms with Gasteiger partial charge in [0.05, 0.1) is 6.10 Å². The van der Waals surface area contributed by atoms with Crippen LogP contribution in [-0.4, -0.2) is 29.7 Å². The van der Waals surface area contributed by atoms with Gasteiger partial charge in [-0.05, 0) is 13.8 Å². The summed E-state index contributed by atoms with van der Waals surface area (Å²) in [5.41, 5.74) is 5.52. The van der Waals surface area contributed by atoms with Crippen molar-refractivity contribution < 1.29 is 9.90 Å². The molecule has 72 valence electrons. The van der Waals surface area contributed by atoms with Gasteiger partial charge >= 0.3 is 0 Å². The number of amides is 1. The summed E-state index contributed by atoms with van der Waals surface area (Å²) >= 11 is 0. The van der Waals surface area contributed by atoms with Crippen molar-refractivity contribution in [3.63, 3.8) is 0 Å². The number of aliphatic hydroxyl groups excluding tert-OH is 1. The summed E-state index contributed by atoms with van der Waals surface area (Å²) in [7, 11) is 0. The Morgan fingerprint density at radius 1 is 1.50 bits per heavy atom. The molecule has 0 rings (SSSR count). The molecule has 0 spiro atoms. The largest absolute Gasteiger partial charge is 0.392 e. The van der Waals surface area contributed by atoms with E-state index in [-0.39, 0.29) is 24.4 Å². The Balaban J connectivity index is 3.72. The first kappa shape index (κ1) is 11.4. The minimum Gasteiger partial charge on any atom is -0.392 e. The van der Waals surface area contributed by atoms with E-state index in [1.165, 1.54) is 0 Å². The van der Waals surface area contributed by atoms with Crippen molar-refractivity contribution in [1.82, 2.24) is 5.32 Å². The van der Waals surface area contributed by atoms with Crippen molar-refractivity contribution in [2.45, 2.75) is 32.9 Å². The highest BCUT2D eigenvalue weighted by molar-refractivity contribution is 5.78. The van der Waals surface area contributed by atoms with Gasteiger partial charge in [0.25, 0.3) is 0 Å². The van der Waals surface area contributed by atoms with Gasteiger partial charge in [-0.25, -0.2) is 0 Å². The highest BCUT2D eigenvalue weighted by Gasteiger charge is 2.16. The average molecular weight is 174 g/mol. The number of hydrogen-bond acceptors (Lipinski definition) is 3. The summed E-state index contributed by atoms with van der Waals surface area (Å²) in [6.45, 7) is 5.46. The molecule has 0 bridgehead atoms. The van der Waals surface area contributed by atoms with Crippen molar-refractivity contribution >= 4 is 5.91 Å². The van der Waals surface area contributed by atoms with Crippen LogP contribution in [0.4, 0.5) is 0 Å². The monoisotopic (exact) mass is 174 g/mol. The summed E-state index contributed by atoms with van der Waals surface area (Å²) in [4.78, 5) is 11.2. The van der Waals surface area contributed by atoms with Crippen LogP contribution in [0.3, 0.4) is 0 Å². The zero-order valence-corrected chi connectivity index (χ0v) is 7.87. The van der Waals surface area contributed by atoms with E-state index < -0.39 is 6.10 Å². The second kappa shape index (κ2) is 5.11. The third-order valence-electron chi connectivity index (χ3n) is 1.77. The summed E-state index contributed by atoms with van der Waals surface area (Å²) in [6, 6.07) is -0.154. The number of aliphatic hydroxyl groups is 1. The van der Waals surface area contributed by atoms with Crippen molar-refractivity contribution in [2.24, 2.45) is 11.7 Å². The first-order chi connectivity index (χ1) is 5.45. The zero-order chi connectivity index (χ0) is 9.72. The third kappa shape index (κ3) is 4.31. The van der Waals surface area contributed by atoms with Crippen LogP contribution in [0.25, 0.3) is 0 Å². The summed E-state index contributed by atoms with van der Waals surface area (Å²) < 4.78 is 0. The third-order valence-corrected chi connectivity index (χ3v) is 1.77. The smallest absolute Gasteiger partial charge is 0.224 e. The van der Waals surface area contributed by atoms with Crippen LogP contribution in [-0.2, 0) is 4.79 Å². The molecular formula is C8H18N2O2. The van der Waals surface area contributed by atoms with Crippen molar-refractivity contribution in [2.75, 3.05) is 6.54 Å². The van der Waals surface area contributed by atoms with Crippen LogP contribution >= 0.6 is 0 Å². The minimum atomic E-state index is -0.505. The quantitative estimate of drug-likeness (QED) is 0.536. The Kier molecular flexibility index (Phi) is 4.85. The predicted molar refractivity (Wildman–Crippen MR) is 47.5 cm³/mol. The van der Waals surface area contributed by atoms with Gasteiger partial charge in [0, 0.05) is 18.5 Å². The van der Waals surface area contributed by atoms with E-state index in [0.717, 1.165) is 0 Å². The molecule has 3 unspecified atom stereocenters. The molecule has 3 atom stereocenters. The molecule has 0 saturated carbocycles. The number of carbonyl (C=O) groups is 1. The predicted octanol–water partition coefficient (Wildman–Crippen LogP) is -0.533. The van der Waals surface area contributed by atoms with E-state index in [0.29, 0.717) is 0 Å². The molecule has 0 aromatic carbocycles. The molecular weight excluding hydrogens is 156 g/mol. The summed E-state index contributed by atoms with van der Waals surface area (Å²) in [5, 5.41) is 11.5. The molecule has 0 saturated heterocycles. The van der Waals surface area contributed by atoms with Crippen LogP contribution in [0.5, 0.6) is 0 Å². The van der Waals surface area contributed by atoms with Gasteiger partial charge < -0.3 is 16.2 Å². The molecule has 4 nitrogen and oxygen atoms in total. The Labute approximate surface area is 73.1 Å². The van der Waals surface area contributed by atoms with Gasteiger partial charge in [-0.1, -0.05) is 6.92 Å². The summed E-state index contributed by atoms with van der Waals surface area (Å²) in [5.74, 6) is -0.311. The fourth-order valence-corrected chi connectivity index (χ4v) is 0.648. The number of carbonyl (C=O) groups excluding carboxylic acids is 1. The van der Waals surface area contributed by atoms with Crippen LogP contribution in [0, 0.1) is 5.92 Å². The molecule has 0 fully saturated rings. The second-order valence-corrected chi connectivity index (χ2v) is 3.24. The Hall–Kier alpha value is -0.610. The SMILES string of the molecule is CC(O)CNC(=O)C(C)C(C)N. The maximum absolute atomic E-state index is 11.2. The van der Waals surface area contributed by atoms with E-state index in [4.69, 9.17) is 10.8 Å². The Morgan fingerprint density at radius 3 is 2.33 bits per heavy atom. The fourth-order valence-electron chi connectivity index (χ4n) is 0.648. The van der Waals surface area contributed by atoms with Crippen molar-refractivity contribution in [3.8, 4) is 0 Å². The molecule has 0 aliphatic rings. The lowest BCUT2D eigenvalue weighted by molar-refractivity contribution is -0.125. The van der Waals surface area contributed by atoms with Crippen LogP contribution in [0.15, 0.2) is 0 Å². The second-order valence-electron chi connectivity index (χ2n) is 3.24. The van der Waals surface area contributed by atoms with Gasteiger partial charge in [0.2, 0.25) is 5.91 Å². The van der Waals surface area contributed by atoms with Gasteiger partial charge in [-0.15, -0.1) is 0 Å². The average Bonchev–Trinajstić information content (AvgIpc) is 1.98. The van der Waals surface area contributed by atoms with Gasteiger partial charge in [0.1, 0.15) is 0 Å². The van der Waals surface area contributed by atoms with E-state index >= 15 is 0 Å². The highest BCUT2D eigenvalue weighted by atomic mass is 16.3. The van der Waals surface area contributed by atoms with Gasteiger partial charge in [-0.3, -0.25) is 4.79 Å². The molecule has 0 aliphatic heterocycles. The first-order valence-corrected chi connectivity index (χ1v) is 4.16. The standard InChI is InChI=1S/C8H18N2O2/c1-5(11)4-10-8(12)6(2)7(3)9/h5-7,11H,4,9H2,1-3H3,(H,10,12). The van der Waals surface area contributed by atoms with Gasteiger partial charge in [0.15, 0.2) is 0 Å². The molecule has 4 N–H and O–H groups in total. The molecule has 4 heteroatoms. The lowest BCUT2D eigenvalue weighted by Crippen LogP contribution is -2.40. The molecule has 12 heavy (non-hydrogen) atoms. The van der Waals surface area contributed by atoms with E-state index in [1.807, 2.05) is 0 Å². The van der Waals surface area contributed by atoms with E-state index in [9.17, 15) is 4.79 Å². The number of hydrogen-bond donors (Lipinski definition) is 3. The van der Waals surface area contributed by atoms with Crippen LogP contribution in [0.2, 0.25) is 0 Å². The van der Waals surface area contributed by atoms with Crippen molar-refractivity contribution in [3.05, 3.63) is 0 Å². The van der Waals surface area contributed by atoms with Crippen molar-refractivity contribution in [1.29, 1.82) is 0 Å². The zero-order valence-electron chi connectivity index (χ0n) is 7.87. The lowest BCUT2D eigenvalue weighted by atomic mass is 10.0. The van der Waals surface area contributed by atoms with Crippen LogP contribution in [0.1, 0.15) is 20.8 Å². The number of nitrogens with one attached hydrogen (secondary N) is 1. The lowest BCUT2D eigenvalue weighted by Gasteiger charge is -2.15. The molecule has 0 aromatic rings. The Morgan fingerprint density at radius 2 is 2.00 bits per heavy atom. The molecule has 0 radical (unpaired) electrons. The van der Waals surface area contributed by atoms with Gasteiger partial charge in [-0.2, -0.15) is 0 Å².